The largest absolute Gasteiger partial charge is 0.481 e. The molecule has 0 aliphatic carbocycles. The summed E-state index contributed by atoms with van der Waals surface area (Å²) in [4.78, 5) is 13.2. The van der Waals surface area contributed by atoms with Crippen LogP contribution in [0.4, 0.5) is 5.95 Å². The van der Waals surface area contributed by atoms with Crippen LogP contribution in [0.1, 0.15) is 5.69 Å². The second-order valence-electron chi connectivity index (χ2n) is 2.53. The van der Waals surface area contributed by atoms with E-state index in [-0.39, 0.29) is 0 Å². The summed E-state index contributed by atoms with van der Waals surface area (Å²) >= 11 is 0. The minimum Gasteiger partial charge on any atom is -0.481 e. The lowest BCUT2D eigenvalue weighted by Crippen LogP contribution is -2.18. The van der Waals surface area contributed by atoms with Crippen molar-refractivity contribution >= 4 is 5.95 Å². The van der Waals surface area contributed by atoms with Crippen molar-refractivity contribution in [2.75, 3.05) is 26.3 Å². The number of hydrogen-bond acceptors (Lipinski definition) is 5. The molecule has 5 heteroatoms. The van der Waals surface area contributed by atoms with Crippen molar-refractivity contribution in [1.82, 2.24) is 9.97 Å². The first-order chi connectivity index (χ1) is 6.17. The van der Waals surface area contributed by atoms with Crippen LogP contribution >= 0.6 is 0 Å². The summed E-state index contributed by atoms with van der Waals surface area (Å²) in [5, 5.41) is 1.47. The van der Waals surface area contributed by atoms with Gasteiger partial charge in [0.05, 0.1) is 14.2 Å². The van der Waals surface area contributed by atoms with Crippen LogP contribution in [0.15, 0.2) is 6.07 Å². The van der Waals surface area contributed by atoms with Crippen molar-refractivity contribution in [3.63, 3.8) is 0 Å². The van der Waals surface area contributed by atoms with E-state index in [4.69, 9.17) is 9.57 Å². The van der Waals surface area contributed by atoms with E-state index >= 15 is 0 Å². The molecule has 0 bridgehead atoms. The highest BCUT2D eigenvalue weighted by Crippen LogP contribution is 2.13. The highest BCUT2D eigenvalue weighted by Gasteiger charge is 2.05. The number of hydrogen-bond donors (Lipinski definition) is 0. The highest BCUT2D eigenvalue weighted by molar-refractivity contribution is 5.30. The molecular formula is C8H13N3O2. The maximum Gasteiger partial charge on any atom is 0.253 e. The first-order valence-electron chi connectivity index (χ1n) is 3.85. The van der Waals surface area contributed by atoms with Gasteiger partial charge in [-0.05, 0) is 6.92 Å². The molecule has 0 spiro atoms. The van der Waals surface area contributed by atoms with E-state index in [1.165, 1.54) is 5.06 Å². The number of ether oxygens (including phenoxy) is 1. The van der Waals surface area contributed by atoms with Crippen molar-refractivity contribution in [2.24, 2.45) is 0 Å². The van der Waals surface area contributed by atoms with Gasteiger partial charge >= 0.3 is 0 Å². The fourth-order valence-electron chi connectivity index (χ4n) is 0.852. The van der Waals surface area contributed by atoms with Crippen molar-refractivity contribution in [3.8, 4) is 5.88 Å². The molecule has 1 aromatic heterocycles. The number of nitrogens with zero attached hydrogens (tertiary/aromatic N) is 3. The van der Waals surface area contributed by atoms with E-state index < -0.39 is 0 Å². The van der Waals surface area contributed by atoms with Gasteiger partial charge in [-0.15, -0.1) is 0 Å². The molecule has 0 N–H and O–H groups in total. The Balaban J connectivity index is 3.01. The number of hydroxylamine groups is 1. The SMILES string of the molecule is COc1cc(C)nc(N(C)OC)n1. The summed E-state index contributed by atoms with van der Waals surface area (Å²) in [7, 11) is 4.85. The third kappa shape index (κ3) is 2.29. The molecule has 1 rings (SSSR count). The third-order valence-electron chi connectivity index (χ3n) is 1.58. The van der Waals surface area contributed by atoms with Crippen LogP contribution in [-0.2, 0) is 4.84 Å². The zero-order chi connectivity index (χ0) is 9.84. The summed E-state index contributed by atoms with van der Waals surface area (Å²) in [5.74, 6) is 1.02. The molecule has 1 aromatic rings. The number of aryl methyl sites for hydroxylation is 1. The zero-order valence-electron chi connectivity index (χ0n) is 8.24. The molecule has 0 saturated carbocycles. The van der Waals surface area contributed by atoms with Gasteiger partial charge in [0, 0.05) is 18.8 Å². The van der Waals surface area contributed by atoms with Gasteiger partial charge in [-0.1, -0.05) is 0 Å². The number of anilines is 1. The Labute approximate surface area is 77.3 Å². The monoisotopic (exact) mass is 183 g/mol. The second kappa shape index (κ2) is 4.04. The van der Waals surface area contributed by atoms with E-state index in [1.54, 1.807) is 27.3 Å². The maximum absolute atomic E-state index is 5.00. The van der Waals surface area contributed by atoms with Gasteiger partial charge in [0.2, 0.25) is 5.88 Å². The summed E-state index contributed by atoms with van der Waals surface area (Å²) in [5.41, 5.74) is 0.839. The van der Waals surface area contributed by atoms with Crippen molar-refractivity contribution in [3.05, 3.63) is 11.8 Å². The van der Waals surface area contributed by atoms with Gasteiger partial charge in [0.1, 0.15) is 0 Å². The van der Waals surface area contributed by atoms with E-state index in [1.807, 2.05) is 6.92 Å². The minimum absolute atomic E-state index is 0.486. The Morgan fingerprint density at radius 3 is 2.54 bits per heavy atom. The predicted octanol–water partition coefficient (Wildman–Crippen LogP) is 0.791. The van der Waals surface area contributed by atoms with Crippen molar-refractivity contribution < 1.29 is 9.57 Å². The van der Waals surface area contributed by atoms with Crippen molar-refractivity contribution in [1.29, 1.82) is 0 Å². The van der Waals surface area contributed by atoms with Crippen LogP contribution < -0.4 is 9.80 Å². The van der Waals surface area contributed by atoms with Crippen LogP contribution in [0, 0.1) is 6.92 Å². The number of rotatable bonds is 3. The smallest absolute Gasteiger partial charge is 0.253 e. The third-order valence-corrected chi connectivity index (χ3v) is 1.58. The normalized spacial score (nSPS) is 9.85. The van der Waals surface area contributed by atoms with Gasteiger partial charge in [-0.2, -0.15) is 4.98 Å². The summed E-state index contributed by atoms with van der Waals surface area (Å²) in [6.45, 7) is 1.87. The Bertz CT molecular complexity index is 291. The van der Waals surface area contributed by atoms with E-state index in [0.717, 1.165) is 5.69 Å². The van der Waals surface area contributed by atoms with Crippen molar-refractivity contribution in [2.45, 2.75) is 6.92 Å². The quantitative estimate of drug-likeness (QED) is 0.648. The number of aromatic nitrogens is 2. The topological polar surface area (TPSA) is 47.5 Å². The molecule has 13 heavy (non-hydrogen) atoms. The fourth-order valence-corrected chi connectivity index (χ4v) is 0.852. The second-order valence-corrected chi connectivity index (χ2v) is 2.53. The zero-order valence-corrected chi connectivity index (χ0v) is 8.24. The summed E-state index contributed by atoms with van der Waals surface area (Å²) in [6, 6.07) is 1.76. The van der Waals surface area contributed by atoms with Gasteiger partial charge in [-0.3, -0.25) is 4.84 Å². The average Bonchev–Trinajstić information content (AvgIpc) is 2.15. The summed E-state index contributed by atoms with van der Waals surface area (Å²) in [6.07, 6.45) is 0. The molecule has 0 radical (unpaired) electrons. The van der Waals surface area contributed by atoms with Gasteiger partial charge in [-0.25, -0.2) is 10.0 Å². The van der Waals surface area contributed by atoms with E-state index in [9.17, 15) is 0 Å². The molecule has 72 valence electrons. The molecule has 5 nitrogen and oxygen atoms in total. The Morgan fingerprint density at radius 2 is 2.00 bits per heavy atom. The molecule has 0 aliphatic rings. The molecule has 0 saturated heterocycles. The Hall–Kier alpha value is -1.36. The molecular weight excluding hydrogens is 170 g/mol. The molecule has 0 unspecified atom stereocenters. The molecule has 1 heterocycles. The van der Waals surface area contributed by atoms with Crippen LogP contribution in [0.25, 0.3) is 0 Å². The summed E-state index contributed by atoms with van der Waals surface area (Å²) < 4.78 is 5.00. The lowest BCUT2D eigenvalue weighted by Gasteiger charge is -2.14. The van der Waals surface area contributed by atoms with E-state index in [2.05, 4.69) is 9.97 Å². The molecule has 0 aromatic carbocycles. The molecule has 0 aliphatic heterocycles. The molecule has 0 atom stereocenters. The minimum atomic E-state index is 0.486. The maximum atomic E-state index is 5.00. The average molecular weight is 183 g/mol. The Kier molecular flexibility index (Phi) is 3.02. The van der Waals surface area contributed by atoms with E-state index in [0.29, 0.717) is 11.8 Å². The first kappa shape index (κ1) is 9.73. The van der Waals surface area contributed by atoms with Crippen LogP contribution in [0.2, 0.25) is 0 Å². The fraction of sp³-hybridized carbons (Fsp3) is 0.500. The van der Waals surface area contributed by atoms with Gasteiger partial charge < -0.3 is 4.74 Å². The lowest BCUT2D eigenvalue weighted by atomic mass is 10.4. The van der Waals surface area contributed by atoms with Crippen LogP contribution in [0.5, 0.6) is 5.88 Å². The molecule has 0 fully saturated rings. The standard InChI is InChI=1S/C8H13N3O2/c1-6-5-7(12-3)10-8(9-6)11(2)13-4/h5H,1-4H3. The molecule has 0 amide bonds. The Morgan fingerprint density at radius 1 is 1.31 bits per heavy atom. The first-order valence-corrected chi connectivity index (χ1v) is 3.85. The highest BCUT2D eigenvalue weighted by atomic mass is 16.7. The number of methoxy groups -OCH3 is 1. The lowest BCUT2D eigenvalue weighted by molar-refractivity contribution is 0.179. The van der Waals surface area contributed by atoms with Crippen LogP contribution in [-0.4, -0.2) is 31.2 Å². The van der Waals surface area contributed by atoms with Gasteiger partial charge in [0.15, 0.2) is 0 Å². The van der Waals surface area contributed by atoms with Crippen LogP contribution in [0.3, 0.4) is 0 Å². The van der Waals surface area contributed by atoms with Gasteiger partial charge in [0.25, 0.3) is 5.95 Å². The predicted molar refractivity (Wildman–Crippen MR) is 48.7 cm³/mol.